The maximum atomic E-state index is 11.2. The first-order valence-electron chi connectivity index (χ1n) is 4.91. The van der Waals surface area contributed by atoms with Gasteiger partial charge in [0.15, 0.2) is 0 Å². The predicted octanol–water partition coefficient (Wildman–Crippen LogP) is 2.26. The number of carbonyl (C=O) groups excluding carboxylic acids is 1. The zero-order valence-corrected chi connectivity index (χ0v) is 9.69. The molecule has 0 fully saturated rings. The summed E-state index contributed by atoms with van der Waals surface area (Å²) in [6, 6.07) is 7.40. The summed E-state index contributed by atoms with van der Waals surface area (Å²) in [5.41, 5.74) is 1.61. The molecule has 1 rings (SSSR count). The van der Waals surface area contributed by atoms with E-state index in [0.29, 0.717) is 12.2 Å². The SMILES string of the molecule is CC(=O)O.CCOC(=O)c1ccccc1C. The van der Waals surface area contributed by atoms with Crippen molar-refractivity contribution in [2.24, 2.45) is 0 Å². The molecule has 0 aliphatic carbocycles. The van der Waals surface area contributed by atoms with Gasteiger partial charge in [0, 0.05) is 6.92 Å². The molecule has 4 heteroatoms. The summed E-state index contributed by atoms with van der Waals surface area (Å²) in [5.74, 6) is -1.07. The quantitative estimate of drug-likeness (QED) is 0.782. The molecule has 0 aliphatic rings. The molecule has 0 heterocycles. The van der Waals surface area contributed by atoms with Gasteiger partial charge in [-0.2, -0.15) is 0 Å². The maximum Gasteiger partial charge on any atom is 0.338 e. The first-order valence-corrected chi connectivity index (χ1v) is 4.91. The summed E-state index contributed by atoms with van der Waals surface area (Å²) in [4.78, 5) is 20.2. The monoisotopic (exact) mass is 224 g/mol. The van der Waals surface area contributed by atoms with Gasteiger partial charge in [0.25, 0.3) is 5.97 Å². The highest BCUT2D eigenvalue weighted by atomic mass is 16.5. The molecule has 0 radical (unpaired) electrons. The Labute approximate surface area is 94.9 Å². The molecule has 1 N–H and O–H groups in total. The van der Waals surface area contributed by atoms with Gasteiger partial charge in [-0.15, -0.1) is 0 Å². The van der Waals surface area contributed by atoms with Gasteiger partial charge in [-0.25, -0.2) is 4.79 Å². The number of aryl methyl sites for hydroxylation is 1. The van der Waals surface area contributed by atoms with E-state index in [1.165, 1.54) is 0 Å². The molecule has 0 spiro atoms. The normalized spacial score (nSPS) is 8.69. The van der Waals surface area contributed by atoms with Gasteiger partial charge < -0.3 is 9.84 Å². The second-order valence-electron chi connectivity index (χ2n) is 3.05. The molecule has 0 bridgehead atoms. The van der Waals surface area contributed by atoms with Crippen molar-refractivity contribution >= 4 is 11.9 Å². The number of hydrogen-bond donors (Lipinski definition) is 1. The molecular formula is C12H16O4. The van der Waals surface area contributed by atoms with E-state index in [4.69, 9.17) is 14.6 Å². The van der Waals surface area contributed by atoms with Crippen molar-refractivity contribution in [1.29, 1.82) is 0 Å². The van der Waals surface area contributed by atoms with Gasteiger partial charge in [-0.1, -0.05) is 18.2 Å². The Morgan fingerprint density at radius 2 is 1.81 bits per heavy atom. The molecule has 16 heavy (non-hydrogen) atoms. The highest BCUT2D eigenvalue weighted by Crippen LogP contribution is 2.07. The number of esters is 1. The second-order valence-corrected chi connectivity index (χ2v) is 3.05. The van der Waals surface area contributed by atoms with E-state index in [2.05, 4.69) is 0 Å². The smallest absolute Gasteiger partial charge is 0.338 e. The molecule has 88 valence electrons. The first-order chi connectivity index (χ1) is 7.49. The lowest BCUT2D eigenvalue weighted by Crippen LogP contribution is -2.05. The molecule has 0 atom stereocenters. The summed E-state index contributed by atoms with van der Waals surface area (Å²) < 4.78 is 4.87. The second kappa shape index (κ2) is 7.45. The van der Waals surface area contributed by atoms with Crippen LogP contribution in [0.4, 0.5) is 0 Å². The Hall–Kier alpha value is -1.84. The Morgan fingerprint density at radius 1 is 1.31 bits per heavy atom. The van der Waals surface area contributed by atoms with Crippen molar-refractivity contribution < 1.29 is 19.4 Å². The van der Waals surface area contributed by atoms with Crippen LogP contribution in [0.3, 0.4) is 0 Å². The van der Waals surface area contributed by atoms with Crippen LogP contribution in [0.25, 0.3) is 0 Å². The number of rotatable bonds is 2. The molecule has 0 amide bonds. The van der Waals surface area contributed by atoms with Crippen molar-refractivity contribution in [3.8, 4) is 0 Å². The van der Waals surface area contributed by atoms with Crippen LogP contribution in [0.15, 0.2) is 24.3 Å². The third kappa shape index (κ3) is 5.80. The van der Waals surface area contributed by atoms with Crippen LogP contribution in [0, 0.1) is 6.92 Å². The fourth-order valence-corrected chi connectivity index (χ4v) is 1.01. The van der Waals surface area contributed by atoms with Crippen LogP contribution in [0.2, 0.25) is 0 Å². The third-order valence-corrected chi connectivity index (χ3v) is 1.64. The van der Waals surface area contributed by atoms with Crippen LogP contribution >= 0.6 is 0 Å². The minimum absolute atomic E-state index is 0.240. The third-order valence-electron chi connectivity index (χ3n) is 1.64. The number of carboxylic acid groups (broad SMARTS) is 1. The van der Waals surface area contributed by atoms with Crippen LogP contribution in [-0.4, -0.2) is 23.7 Å². The summed E-state index contributed by atoms with van der Waals surface area (Å²) in [6.07, 6.45) is 0. The lowest BCUT2D eigenvalue weighted by atomic mass is 10.1. The number of benzene rings is 1. The van der Waals surface area contributed by atoms with E-state index in [9.17, 15) is 4.79 Å². The van der Waals surface area contributed by atoms with Gasteiger partial charge >= 0.3 is 5.97 Å². The van der Waals surface area contributed by atoms with Crippen LogP contribution in [-0.2, 0) is 9.53 Å². The molecule has 0 saturated heterocycles. The molecule has 0 unspecified atom stereocenters. The minimum Gasteiger partial charge on any atom is -0.481 e. The lowest BCUT2D eigenvalue weighted by Gasteiger charge is -2.03. The highest BCUT2D eigenvalue weighted by Gasteiger charge is 2.07. The summed E-state index contributed by atoms with van der Waals surface area (Å²) in [5, 5.41) is 7.42. The standard InChI is InChI=1S/C10H12O2.C2H4O2/c1-3-12-10(11)9-7-5-4-6-8(9)2;1-2(3)4/h4-7H,3H2,1-2H3;1H3,(H,3,4). The molecule has 1 aromatic carbocycles. The van der Waals surface area contributed by atoms with E-state index >= 15 is 0 Å². The van der Waals surface area contributed by atoms with E-state index in [-0.39, 0.29) is 5.97 Å². The van der Waals surface area contributed by atoms with Crippen molar-refractivity contribution in [3.05, 3.63) is 35.4 Å². The topological polar surface area (TPSA) is 63.6 Å². The summed E-state index contributed by atoms with van der Waals surface area (Å²) >= 11 is 0. The average Bonchev–Trinajstić information content (AvgIpc) is 2.17. The van der Waals surface area contributed by atoms with Crippen LogP contribution < -0.4 is 0 Å². The van der Waals surface area contributed by atoms with Gasteiger partial charge in [0.2, 0.25) is 0 Å². The minimum atomic E-state index is -0.833. The largest absolute Gasteiger partial charge is 0.481 e. The van der Waals surface area contributed by atoms with Crippen molar-refractivity contribution in [2.75, 3.05) is 6.61 Å². The summed E-state index contributed by atoms with van der Waals surface area (Å²) in [7, 11) is 0. The first kappa shape index (κ1) is 14.2. The number of aliphatic carboxylic acids is 1. The lowest BCUT2D eigenvalue weighted by molar-refractivity contribution is -0.134. The Bertz CT molecular complexity index is 354. The van der Waals surface area contributed by atoms with Crippen LogP contribution in [0.1, 0.15) is 29.8 Å². The molecule has 0 aromatic heterocycles. The van der Waals surface area contributed by atoms with Gasteiger partial charge in [0.05, 0.1) is 12.2 Å². The predicted molar refractivity (Wildman–Crippen MR) is 60.4 cm³/mol. The van der Waals surface area contributed by atoms with Gasteiger partial charge in [-0.3, -0.25) is 4.79 Å². The molecular weight excluding hydrogens is 208 g/mol. The van der Waals surface area contributed by atoms with Gasteiger partial charge in [0.1, 0.15) is 0 Å². The molecule has 1 aromatic rings. The Balaban J connectivity index is 0.000000487. The molecule has 4 nitrogen and oxygen atoms in total. The molecule has 0 saturated carbocycles. The summed E-state index contributed by atoms with van der Waals surface area (Å²) in [6.45, 7) is 5.20. The average molecular weight is 224 g/mol. The fourth-order valence-electron chi connectivity index (χ4n) is 1.01. The van der Waals surface area contributed by atoms with Crippen molar-refractivity contribution in [3.63, 3.8) is 0 Å². The molecule has 0 aliphatic heterocycles. The van der Waals surface area contributed by atoms with E-state index < -0.39 is 5.97 Å². The number of carboxylic acids is 1. The zero-order valence-electron chi connectivity index (χ0n) is 9.69. The van der Waals surface area contributed by atoms with Crippen LogP contribution in [0.5, 0.6) is 0 Å². The number of ether oxygens (including phenoxy) is 1. The Morgan fingerprint density at radius 3 is 2.25 bits per heavy atom. The number of hydrogen-bond acceptors (Lipinski definition) is 3. The van der Waals surface area contributed by atoms with Gasteiger partial charge in [-0.05, 0) is 25.5 Å². The van der Waals surface area contributed by atoms with Crippen molar-refractivity contribution in [2.45, 2.75) is 20.8 Å². The fraction of sp³-hybridized carbons (Fsp3) is 0.333. The Kier molecular flexibility index (Phi) is 6.59. The van der Waals surface area contributed by atoms with E-state index in [1.54, 1.807) is 13.0 Å². The highest BCUT2D eigenvalue weighted by molar-refractivity contribution is 5.90. The maximum absolute atomic E-state index is 11.2. The number of carbonyl (C=O) groups is 2. The van der Waals surface area contributed by atoms with E-state index in [1.807, 2.05) is 25.1 Å². The zero-order chi connectivity index (χ0) is 12.6. The van der Waals surface area contributed by atoms with E-state index in [0.717, 1.165) is 12.5 Å². The van der Waals surface area contributed by atoms with Crippen molar-refractivity contribution in [1.82, 2.24) is 0 Å².